The van der Waals surface area contributed by atoms with Crippen molar-refractivity contribution in [1.82, 2.24) is 0 Å². The molecule has 0 saturated heterocycles. The molecule has 3 unspecified atom stereocenters. The van der Waals surface area contributed by atoms with E-state index in [0.717, 1.165) is 35.5 Å². The van der Waals surface area contributed by atoms with Crippen LogP contribution in [0.3, 0.4) is 0 Å². The molecule has 0 amide bonds. The standard InChI is InChI=1S/C18H26/c1-4-16-15-10-12(2)18(16)17(11-15)13(3)14-8-6-5-7-9-14/h5-9,12-13,15-18H,4,10-11H2,1-3H3/t12?,13-,15?,16+,17+,18?/m0/s1. The first-order valence-corrected chi connectivity index (χ1v) is 7.77. The van der Waals surface area contributed by atoms with Crippen LogP contribution in [0.5, 0.6) is 0 Å². The van der Waals surface area contributed by atoms with Crippen LogP contribution in [0, 0.1) is 29.6 Å². The van der Waals surface area contributed by atoms with E-state index in [1.807, 2.05) is 0 Å². The van der Waals surface area contributed by atoms with E-state index in [2.05, 4.69) is 51.1 Å². The van der Waals surface area contributed by atoms with Gasteiger partial charge in [0, 0.05) is 0 Å². The Morgan fingerprint density at radius 3 is 2.50 bits per heavy atom. The Kier molecular flexibility index (Phi) is 3.21. The Bertz CT molecular complexity index is 394. The second kappa shape index (κ2) is 4.72. The Morgan fingerprint density at radius 2 is 1.89 bits per heavy atom. The van der Waals surface area contributed by atoms with E-state index in [4.69, 9.17) is 0 Å². The molecule has 2 aliphatic carbocycles. The van der Waals surface area contributed by atoms with Crippen molar-refractivity contribution in [3.63, 3.8) is 0 Å². The minimum Gasteiger partial charge on any atom is -0.0651 e. The first-order chi connectivity index (χ1) is 8.72. The molecular weight excluding hydrogens is 216 g/mol. The molecule has 2 fully saturated rings. The van der Waals surface area contributed by atoms with Crippen LogP contribution in [0.15, 0.2) is 30.3 Å². The van der Waals surface area contributed by atoms with Crippen LogP contribution in [0.2, 0.25) is 0 Å². The fourth-order valence-corrected chi connectivity index (χ4v) is 5.21. The van der Waals surface area contributed by atoms with Gasteiger partial charge in [0.05, 0.1) is 0 Å². The summed E-state index contributed by atoms with van der Waals surface area (Å²) in [5.41, 5.74) is 1.55. The Labute approximate surface area is 112 Å². The summed E-state index contributed by atoms with van der Waals surface area (Å²) in [6.07, 6.45) is 4.39. The molecule has 0 radical (unpaired) electrons. The third kappa shape index (κ3) is 1.81. The van der Waals surface area contributed by atoms with Crippen molar-refractivity contribution in [1.29, 1.82) is 0 Å². The second-order valence-electron chi connectivity index (χ2n) is 6.72. The monoisotopic (exact) mass is 242 g/mol. The molecule has 3 rings (SSSR count). The van der Waals surface area contributed by atoms with Crippen molar-refractivity contribution in [2.45, 2.75) is 46.0 Å². The average molecular weight is 242 g/mol. The van der Waals surface area contributed by atoms with Gasteiger partial charge >= 0.3 is 0 Å². The van der Waals surface area contributed by atoms with Gasteiger partial charge in [-0.2, -0.15) is 0 Å². The molecule has 0 spiro atoms. The topological polar surface area (TPSA) is 0 Å². The van der Waals surface area contributed by atoms with Crippen molar-refractivity contribution in [3.05, 3.63) is 35.9 Å². The Hall–Kier alpha value is -0.780. The van der Waals surface area contributed by atoms with Gasteiger partial charge < -0.3 is 0 Å². The molecule has 2 saturated carbocycles. The molecule has 1 aromatic carbocycles. The van der Waals surface area contributed by atoms with Gasteiger partial charge in [-0.25, -0.2) is 0 Å². The van der Waals surface area contributed by atoms with Gasteiger partial charge in [-0.05, 0) is 53.9 Å². The molecule has 2 bridgehead atoms. The number of hydrogen-bond donors (Lipinski definition) is 0. The normalized spacial score (nSPS) is 40.1. The van der Waals surface area contributed by atoms with Crippen molar-refractivity contribution in [3.8, 4) is 0 Å². The molecule has 0 aromatic heterocycles. The van der Waals surface area contributed by atoms with E-state index < -0.39 is 0 Å². The van der Waals surface area contributed by atoms with Gasteiger partial charge in [-0.1, -0.05) is 57.5 Å². The predicted octanol–water partition coefficient (Wildman–Crippen LogP) is 5.11. The van der Waals surface area contributed by atoms with E-state index in [9.17, 15) is 0 Å². The number of hydrogen-bond acceptors (Lipinski definition) is 0. The summed E-state index contributed by atoms with van der Waals surface area (Å²) in [6.45, 7) is 7.36. The third-order valence-electron chi connectivity index (χ3n) is 5.94. The zero-order valence-corrected chi connectivity index (χ0v) is 12.0. The number of fused-ring (bicyclic) bond motifs is 2. The van der Waals surface area contributed by atoms with Crippen molar-refractivity contribution in [2.75, 3.05) is 0 Å². The SMILES string of the molecule is CC[C@@H]1C2CC(C)C1[C@@H]([C@@H](C)c1ccccc1)C2. The van der Waals surface area contributed by atoms with Gasteiger partial charge in [0.15, 0.2) is 0 Å². The van der Waals surface area contributed by atoms with Crippen LogP contribution in [-0.2, 0) is 0 Å². The average Bonchev–Trinajstić information content (AvgIpc) is 2.91. The van der Waals surface area contributed by atoms with E-state index in [1.54, 1.807) is 5.56 Å². The molecular formula is C18H26. The molecule has 18 heavy (non-hydrogen) atoms. The highest BCUT2D eigenvalue weighted by Gasteiger charge is 2.51. The quantitative estimate of drug-likeness (QED) is 0.691. The summed E-state index contributed by atoms with van der Waals surface area (Å²) in [7, 11) is 0. The summed E-state index contributed by atoms with van der Waals surface area (Å²) in [6, 6.07) is 11.2. The maximum atomic E-state index is 2.50. The Balaban J connectivity index is 1.82. The summed E-state index contributed by atoms with van der Waals surface area (Å²) < 4.78 is 0. The highest BCUT2D eigenvalue weighted by Crippen LogP contribution is 2.60. The molecule has 6 atom stereocenters. The molecule has 0 N–H and O–H groups in total. The van der Waals surface area contributed by atoms with Gasteiger partial charge in [-0.3, -0.25) is 0 Å². The van der Waals surface area contributed by atoms with Crippen molar-refractivity contribution >= 4 is 0 Å². The summed E-state index contributed by atoms with van der Waals surface area (Å²) >= 11 is 0. The maximum absolute atomic E-state index is 2.50. The van der Waals surface area contributed by atoms with Crippen LogP contribution in [-0.4, -0.2) is 0 Å². The largest absolute Gasteiger partial charge is 0.0651 e. The van der Waals surface area contributed by atoms with Crippen molar-refractivity contribution in [2.24, 2.45) is 29.6 Å². The minimum absolute atomic E-state index is 0.748. The fraction of sp³-hybridized carbons (Fsp3) is 0.667. The number of benzene rings is 1. The fourth-order valence-electron chi connectivity index (χ4n) is 5.21. The smallest absolute Gasteiger partial charge is 0.0159 e. The summed E-state index contributed by atoms with van der Waals surface area (Å²) in [5.74, 6) is 5.70. The van der Waals surface area contributed by atoms with E-state index in [-0.39, 0.29) is 0 Å². The van der Waals surface area contributed by atoms with Gasteiger partial charge in [0.2, 0.25) is 0 Å². The van der Waals surface area contributed by atoms with Crippen molar-refractivity contribution < 1.29 is 0 Å². The molecule has 0 nitrogen and oxygen atoms in total. The van der Waals surface area contributed by atoms with Crippen LogP contribution in [0.4, 0.5) is 0 Å². The molecule has 0 aliphatic heterocycles. The van der Waals surface area contributed by atoms with E-state index >= 15 is 0 Å². The first-order valence-electron chi connectivity index (χ1n) is 7.77. The van der Waals surface area contributed by atoms with E-state index in [1.165, 1.54) is 19.3 Å². The maximum Gasteiger partial charge on any atom is -0.0159 e. The Morgan fingerprint density at radius 1 is 1.17 bits per heavy atom. The molecule has 0 heteroatoms. The van der Waals surface area contributed by atoms with Gasteiger partial charge in [0.25, 0.3) is 0 Å². The molecule has 0 heterocycles. The third-order valence-corrected chi connectivity index (χ3v) is 5.94. The molecule has 2 aliphatic rings. The predicted molar refractivity (Wildman–Crippen MR) is 77.5 cm³/mol. The lowest BCUT2D eigenvalue weighted by atomic mass is 9.72. The zero-order chi connectivity index (χ0) is 12.7. The summed E-state index contributed by atoms with van der Waals surface area (Å²) in [5, 5.41) is 0. The van der Waals surface area contributed by atoms with E-state index in [0.29, 0.717) is 0 Å². The van der Waals surface area contributed by atoms with Gasteiger partial charge in [-0.15, -0.1) is 0 Å². The van der Waals surface area contributed by atoms with Crippen LogP contribution in [0.1, 0.15) is 51.5 Å². The zero-order valence-electron chi connectivity index (χ0n) is 12.0. The highest BCUT2D eigenvalue weighted by atomic mass is 14.6. The van der Waals surface area contributed by atoms with Crippen LogP contribution >= 0.6 is 0 Å². The first kappa shape index (κ1) is 12.3. The minimum atomic E-state index is 0.748. The van der Waals surface area contributed by atoms with Crippen LogP contribution in [0.25, 0.3) is 0 Å². The lowest BCUT2D eigenvalue weighted by Crippen LogP contribution is -2.24. The summed E-state index contributed by atoms with van der Waals surface area (Å²) in [4.78, 5) is 0. The van der Waals surface area contributed by atoms with Gasteiger partial charge in [0.1, 0.15) is 0 Å². The highest BCUT2D eigenvalue weighted by molar-refractivity contribution is 5.21. The molecule has 1 aromatic rings. The lowest BCUT2D eigenvalue weighted by molar-refractivity contribution is 0.211. The second-order valence-corrected chi connectivity index (χ2v) is 6.72. The lowest BCUT2D eigenvalue weighted by Gasteiger charge is -2.32. The van der Waals surface area contributed by atoms with Crippen LogP contribution < -0.4 is 0 Å². The number of rotatable bonds is 3. The molecule has 98 valence electrons.